The van der Waals surface area contributed by atoms with Gasteiger partial charge in [0.1, 0.15) is 0 Å². The molecule has 0 amide bonds. The van der Waals surface area contributed by atoms with Crippen LogP contribution in [-0.2, 0) is 0 Å². The third kappa shape index (κ3) is 2.93. The lowest BCUT2D eigenvalue weighted by Crippen LogP contribution is -2.10. The lowest BCUT2D eigenvalue weighted by molar-refractivity contribution is 0.0729. The van der Waals surface area contributed by atoms with Gasteiger partial charge in [-0.05, 0) is 31.2 Å². The number of ether oxygens (including phenoxy) is 2. The maximum absolute atomic E-state index is 12.0. The summed E-state index contributed by atoms with van der Waals surface area (Å²) in [7, 11) is 1.46. The molecular formula is C15H12N2O3. The molecule has 2 aromatic rings. The van der Waals surface area contributed by atoms with Crippen molar-refractivity contribution in [2.45, 2.75) is 6.92 Å². The Balaban J connectivity index is 2.27. The molecule has 0 saturated heterocycles. The van der Waals surface area contributed by atoms with Crippen molar-refractivity contribution in [3.63, 3.8) is 0 Å². The number of pyridine rings is 1. The summed E-state index contributed by atoms with van der Waals surface area (Å²) >= 11 is 0. The van der Waals surface area contributed by atoms with Gasteiger partial charge < -0.3 is 9.47 Å². The largest absolute Gasteiger partial charge is 0.493 e. The van der Waals surface area contributed by atoms with Gasteiger partial charge in [0.2, 0.25) is 0 Å². The lowest BCUT2D eigenvalue weighted by atomic mass is 10.2. The van der Waals surface area contributed by atoms with Gasteiger partial charge in [-0.1, -0.05) is 0 Å². The first-order chi connectivity index (χ1) is 9.63. The number of methoxy groups -OCH3 is 1. The fourth-order valence-electron chi connectivity index (χ4n) is 1.57. The van der Waals surface area contributed by atoms with Crippen molar-refractivity contribution in [2.24, 2.45) is 0 Å². The molecular weight excluding hydrogens is 256 g/mol. The number of nitrogens with zero attached hydrogens (tertiary/aromatic N) is 2. The molecule has 0 fully saturated rings. The summed E-state index contributed by atoms with van der Waals surface area (Å²) in [6.45, 7) is 1.83. The second kappa shape index (κ2) is 5.85. The highest BCUT2D eigenvalue weighted by molar-refractivity contribution is 5.91. The summed E-state index contributed by atoms with van der Waals surface area (Å²) in [4.78, 5) is 16.0. The minimum Gasteiger partial charge on any atom is -0.493 e. The van der Waals surface area contributed by atoms with Crippen LogP contribution in [0.4, 0.5) is 0 Å². The number of esters is 1. The zero-order valence-electron chi connectivity index (χ0n) is 11.1. The Morgan fingerprint density at radius 2 is 2.05 bits per heavy atom. The van der Waals surface area contributed by atoms with Crippen molar-refractivity contribution >= 4 is 5.97 Å². The van der Waals surface area contributed by atoms with Crippen molar-refractivity contribution < 1.29 is 14.3 Å². The maximum Gasteiger partial charge on any atom is 0.345 e. The van der Waals surface area contributed by atoms with Crippen LogP contribution >= 0.6 is 0 Å². The maximum atomic E-state index is 12.0. The number of hydrogen-bond acceptors (Lipinski definition) is 5. The monoisotopic (exact) mass is 268 g/mol. The van der Waals surface area contributed by atoms with E-state index < -0.39 is 5.97 Å². The molecule has 100 valence electrons. The van der Waals surface area contributed by atoms with Crippen LogP contribution in [0.2, 0.25) is 0 Å². The van der Waals surface area contributed by atoms with E-state index >= 15 is 0 Å². The van der Waals surface area contributed by atoms with E-state index in [1.807, 2.05) is 13.0 Å². The van der Waals surface area contributed by atoms with Gasteiger partial charge in [-0.2, -0.15) is 5.26 Å². The Bertz CT molecular complexity index is 673. The van der Waals surface area contributed by atoms with E-state index in [1.165, 1.54) is 19.4 Å². The molecule has 0 saturated carbocycles. The van der Waals surface area contributed by atoms with Crippen LogP contribution in [0.5, 0.6) is 11.5 Å². The first kappa shape index (κ1) is 13.6. The highest BCUT2D eigenvalue weighted by Gasteiger charge is 2.13. The van der Waals surface area contributed by atoms with Crippen molar-refractivity contribution in [1.29, 1.82) is 5.26 Å². The predicted molar refractivity (Wildman–Crippen MR) is 71.6 cm³/mol. The zero-order chi connectivity index (χ0) is 14.5. The number of carbonyl (C=O) groups excluding carboxylic acids is 1. The molecule has 1 aromatic carbocycles. The van der Waals surface area contributed by atoms with E-state index in [2.05, 4.69) is 4.98 Å². The quantitative estimate of drug-likeness (QED) is 0.631. The smallest absolute Gasteiger partial charge is 0.345 e. The molecule has 0 radical (unpaired) electrons. The first-order valence-electron chi connectivity index (χ1n) is 5.87. The van der Waals surface area contributed by atoms with Crippen molar-refractivity contribution in [2.75, 3.05) is 7.11 Å². The van der Waals surface area contributed by atoms with Crippen LogP contribution in [0.3, 0.4) is 0 Å². The van der Waals surface area contributed by atoms with Gasteiger partial charge >= 0.3 is 5.97 Å². The summed E-state index contributed by atoms with van der Waals surface area (Å²) in [5.74, 6) is 0.0421. The molecule has 0 unspecified atom stereocenters. The standard InChI is InChI=1S/C15H12N2O3/c1-10-3-5-12(9-17-10)15(18)20-14-7-11(8-16)4-6-13(14)19-2/h3-7,9H,1-2H3. The van der Waals surface area contributed by atoms with Crippen LogP contribution in [0.25, 0.3) is 0 Å². The van der Waals surface area contributed by atoms with E-state index in [0.29, 0.717) is 16.9 Å². The molecule has 1 heterocycles. The predicted octanol–water partition coefficient (Wildman–Crippen LogP) is 2.49. The minimum absolute atomic E-state index is 0.206. The van der Waals surface area contributed by atoms with E-state index in [4.69, 9.17) is 14.7 Å². The molecule has 0 spiro atoms. The number of aromatic nitrogens is 1. The topological polar surface area (TPSA) is 72.2 Å². The highest BCUT2D eigenvalue weighted by atomic mass is 16.6. The van der Waals surface area contributed by atoms with Crippen molar-refractivity contribution in [1.82, 2.24) is 4.98 Å². The number of benzene rings is 1. The Kier molecular flexibility index (Phi) is 3.96. The zero-order valence-corrected chi connectivity index (χ0v) is 11.1. The summed E-state index contributed by atoms with van der Waals surface area (Å²) in [5.41, 5.74) is 1.53. The van der Waals surface area contributed by atoms with E-state index in [9.17, 15) is 4.79 Å². The molecule has 0 bridgehead atoms. The molecule has 2 rings (SSSR count). The van der Waals surface area contributed by atoms with Gasteiger partial charge in [-0.25, -0.2) is 4.79 Å². The van der Waals surface area contributed by atoms with Crippen molar-refractivity contribution in [3.05, 3.63) is 53.3 Å². The van der Waals surface area contributed by atoms with E-state index in [1.54, 1.807) is 24.3 Å². The molecule has 5 heteroatoms. The van der Waals surface area contributed by atoms with Crippen LogP contribution < -0.4 is 9.47 Å². The molecule has 5 nitrogen and oxygen atoms in total. The van der Waals surface area contributed by atoms with Crippen LogP contribution in [0.1, 0.15) is 21.6 Å². The third-order valence-corrected chi connectivity index (χ3v) is 2.64. The first-order valence-corrected chi connectivity index (χ1v) is 5.87. The second-order valence-corrected chi connectivity index (χ2v) is 4.06. The average molecular weight is 268 g/mol. The summed E-state index contributed by atoms with van der Waals surface area (Å²) in [6.07, 6.45) is 1.44. The fraction of sp³-hybridized carbons (Fsp3) is 0.133. The molecule has 1 aromatic heterocycles. The number of carbonyl (C=O) groups is 1. The Hall–Kier alpha value is -2.87. The highest BCUT2D eigenvalue weighted by Crippen LogP contribution is 2.28. The second-order valence-electron chi connectivity index (χ2n) is 4.06. The van der Waals surface area contributed by atoms with Crippen LogP contribution in [-0.4, -0.2) is 18.1 Å². The summed E-state index contributed by atoms with van der Waals surface area (Å²) in [5, 5.41) is 8.87. The normalized spacial score (nSPS) is 9.65. The molecule has 0 N–H and O–H groups in total. The van der Waals surface area contributed by atoms with Gasteiger partial charge in [0.05, 0.1) is 24.3 Å². The SMILES string of the molecule is COc1ccc(C#N)cc1OC(=O)c1ccc(C)nc1. The van der Waals surface area contributed by atoms with Crippen LogP contribution in [0.15, 0.2) is 36.5 Å². The lowest BCUT2D eigenvalue weighted by Gasteiger charge is -2.09. The Morgan fingerprint density at radius 1 is 1.25 bits per heavy atom. The number of nitriles is 1. The van der Waals surface area contributed by atoms with Gasteiger partial charge in [0.15, 0.2) is 11.5 Å². The van der Waals surface area contributed by atoms with Crippen LogP contribution in [0, 0.1) is 18.3 Å². The van der Waals surface area contributed by atoms with Gasteiger partial charge in [-0.15, -0.1) is 0 Å². The summed E-state index contributed by atoms with van der Waals surface area (Å²) < 4.78 is 10.3. The fourth-order valence-corrected chi connectivity index (χ4v) is 1.57. The Morgan fingerprint density at radius 3 is 2.65 bits per heavy atom. The van der Waals surface area contributed by atoms with Gasteiger partial charge in [-0.3, -0.25) is 4.98 Å². The molecule has 0 aliphatic heterocycles. The molecule has 20 heavy (non-hydrogen) atoms. The Labute approximate surface area is 116 Å². The van der Waals surface area contributed by atoms with Crippen molar-refractivity contribution in [3.8, 4) is 17.6 Å². The molecule has 0 atom stereocenters. The van der Waals surface area contributed by atoms with E-state index in [-0.39, 0.29) is 5.75 Å². The molecule has 0 aliphatic rings. The number of aryl methyl sites for hydroxylation is 1. The average Bonchev–Trinajstić information content (AvgIpc) is 2.47. The summed E-state index contributed by atoms with van der Waals surface area (Å²) in [6, 6.07) is 9.95. The minimum atomic E-state index is -0.550. The van der Waals surface area contributed by atoms with E-state index in [0.717, 1.165) is 5.69 Å². The van der Waals surface area contributed by atoms with Gasteiger partial charge in [0.25, 0.3) is 0 Å². The third-order valence-electron chi connectivity index (χ3n) is 2.64. The molecule has 0 aliphatic carbocycles. The van der Waals surface area contributed by atoms with Gasteiger partial charge in [0, 0.05) is 18.0 Å². The number of rotatable bonds is 3. The number of hydrogen-bond donors (Lipinski definition) is 0.